The van der Waals surface area contributed by atoms with E-state index in [1.165, 1.54) is 12.6 Å². The number of benzene rings is 1. The Morgan fingerprint density at radius 3 is 2.73 bits per heavy atom. The quantitative estimate of drug-likeness (QED) is 0.768. The SMILES string of the molecule is CN=CC=C(N)CCc1c(C2CCC2)ccc(C2CN=C(N)C=N2)c1F. The number of halogens is 1. The predicted molar refractivity (Wildman–Crippen MR) is 106 cm³/mol. The minimum atomic E-state index is -0.309. The van der Waals surface area contributed by atoms with Gasteiger partial charge in [0.15, 0.2) is 0 Å². The summed E-state index contributed by atoms with van der Waals surface area (Å²) < 4.78 is 15.4. The summed E-state index contributed by atoms with van der Waals surface area (Å²) in [6, 6.07) is 3.63. The third kappa shape index (κ3) is 4.00. The number of nitrogens with two attached hydrogens (primary N) is 2. The van der Waals surface area contributed by atoms with Gasteiger partial charge in [-0.25, -0.2) is 4.39 Å². The molecule has 1 atom stereocenters. The maximum absolute atomic E-state index is 15.4. The van der Waals surface area contributed by atoms with E-state index in [9.17, 15) is 0 Å². The number of rotatable bonds is 6. The molecule has 0 saturated heterocycles. The van der Waals surface area contributed by atoms with Gasteiger partial charge in [-0.3, -0.25) is 15.0 Å². The van der Waals surface area contributed by atoms with Crippen LogP contribution in [-0.4, -0.2) is 31.9 Å². The number of nitrogens with zero attached hydrogens (tertiary/aromatic N) is 3. The average molecular weight is 355 g/mol. The fourth-order valence-electron chi connectivity index (χ4n) is 3.42. The lowest BCUT2D eigenvalue weighted by Gasteiger charge is -2.29. The fourth-order valence-corrected chi connectivity index (χ4v) is 3.42. The molecule has 1 aliphatic heterocycles. The van der Waals surface area contributed by atoms with Crippen LogP contribution in [0.4, 0.5) is 4.39 Å². The Hall–Kier alpha value is -2.50. The van der Waals surface area contributed by atoms with Crippen LogP contribution < -0.4 is 11.5 Å². The Balaban J connectivity index is 1.88. The van der Waals surface area contributed by atoms with Crippen molar-refractivity contribution in [2.24, 2.45) is 26.4 Å². The third-order valence-corrected chi connectivity index (χ3v) is 5.15. The van der Waals surface area contributed by atoms with Gasteiger partial charge in [0, 0.05) is 24.5 Å². The van der Waals surface area contributed by atoms with E-state index in [2.05, 4.69) is 21.0 Å². The maximum atomic E-state index is 15.4. The van der Waals surface area contributed by atoms with E-state index in [0.717, 1.165) is 24.0 Å². The monoisotopic (exact) mass is 355 g/mol. The van der Waals surface area contributed by atoms with E-state index < -0.39 is 0 Å². The molecule has 0 bridgehead atoms. The highest BCUT2D eigenvalue weighted by Gasteiger charge is 2.27. The van der Waals surface area contributed by atoms with E-state index in [1.54, 1.807) is 19.3 Å². The highest BCUT2D eigenvalue weighted by atomic mass is 19.1. The molecule has 2 aliphatic rings. The predicted octanol–water partition coefficient (Wildman–Crippen LogP) is 3.05. The van der Waals surface area contributed by atoms with Crippen molar-refractivity contribution in [3.63, 3.8) is 0 Å². The first-order valence-electron chi connectivity index (χ1n) is 9.11. The van der Waals surface area contributed by atoms with Crippen molar-refractivity contribution >= 4 is 18.3 Å². The van der Waals surface area contributed by atoms with Gasteiger partial charge in [-0.1, -0.05) is 18.6 Å². The van der Waals surface area contributed by atoms with E-state index in [-0.39, 0.29) is 11.9 Å². The standard InChI is InChI=1S/C20H26FN5/c1-24-10-9-14(22)5-6-16-15(13-3-2-4-13)7-8-17(20(16)21)18-11-26-19(23)12-25-18/h7-10,12-13,18H,2-6,11,22H2,1H3,(H2,23,26). The molecule has 1 aromatic carbocycles. The molecule has 138 valence electrons. The summed E-state index contributed by atoms with van der Waals surface area (Å²) >= 11 is 0. The van der Waals surface area contributed by atoms with Crippen LogP contribution in [0.5, 0.6) is 0 Å². The summed E-state index contributed by atoms with van der Waals surface area (Å²) in [5.74, 6) is 0.687. The number of amidine groups is 1. The second-order valence-electron chi connectivity index (χ2n) is 6.87. The van der Waals surface area contributed by atoms with Crippen LogP contribution in [0.25, 0.3) is 0 Å². The molecule has 1 heterocycles. The zero-order valence-electron chi connectivity index (χ0n) is 15.2. The van der Waals surface area contributed by atoms with Crippen LogP contribution in [0, 0.1) is 5.82 Å². The van der Waals surface area contributed by atoms with Crippen LogP contribution in [-0.2, 0) is 6.42 Å². The van der Waals surface area contributed by atoms with Gasteiger partial charge in [0.1, 0.15) is 11.7 Å². The topological polar surface area (TPSA) is 89.1 Å². The van der Waals surface area contributed by atoms with E-state index in [1.807, 2.05) is 6.07 Å². The molecule has 0 aromatic heterocycles. The fraction of sp³-hybridized carbons (Fsp3) is 0.450. The summed E-state index contributed by atoms with van der Waals surface area (Å²) in [6.07, 6.45) is 9.59. The van der Waals surface area contributed by atoms with Gasteiger partial charge in [0.25, 0.3) is 0 Å². The second kappa shape index (κ2) is 8.25. The highest BCUT2D eigenvalue weighted by molar-refractivity contribution is 6.29. The molecule has 26 heavy (non-hydrogen) atoms. The number of hydrogen-bond donors (Lipinski definition) is 2. The first-order chi connectivity index (χ1) is 12.6. The lowest BCUT2D eigenvalue weighted by molar-refractivity contribution is 0.413. The Bertz CT molecular complexity index is 775. The molecular formula is C20H26FN5. The Morgan fingerprint density at radius 1 is 1.35 bits per heavy atom. The lowest BCUT2D eigenvalue weighted by atomic mass is 9.76. The molecule has 6 heteroatoms. The summed E-state index contributed by atoms with van der Waals surface area (Å²) in [4.78, 5) is 12.4. The molecule has 1 fully saturated rings. The molecule has 1 aliphatic carbocycles. The summed E-state index contributed by atoms with van der Waals surface area (Å²) in [5, 5.41) is 0. The molecule has 0 spiro atoms. The summed E-state index contributed by atoms with van der Waals surface area (Å²) in [5.41, 5.74) is 14.8. The Labute approximate surface area is 153 Å². The molecule has 5 nitrogen and oxygen atoms in total. The van der Waals surface area contributed by atoms with Gasteiger partial charge in [-0.15, -0.1) is 0 Å². The Kier molecular flexibility index (Phi) is 5.81. The van der Waals surface area contributed by atoms with Crippen molar-refractivity contribution < 1.29 is 4.39 Å². The van der Waals surface area contributed by atoms with Crippen molar-refractivity contribution in [1.82, 2.24) is 0 Å². The minimum Gasteiger partial charge on any atom is -0.402 e. The van der Waals surface area contributed by atoms with Crippen molar-refractivity contribution in [2.75, 3.05) is 13.6 Å². The molecule has 1 aromatic rings. The van der Waals surface area contributed by atoms with Gasteiger partial charge in [-0.2, -0.15) is 0 Å². The van der Waals surface area contributed by atoms with E-state index in [0.29, 0.717) is 42.4 Å². The first kappa shape index (κ1) is 18.3. The van der Waals surface area contributed by atoms with Crippen molar-refractivity contribution in [2.45, 2.75) is 44.1 Å². The van der Waals surface area contributed by atoms with E-state index in [4.69, 9.17) is 11.5 Å². The van der Waals surface area contributed by atoms with Crippen LogP contribution >= 0.6 is 0 Å². The zero-order chi connectivity index (χ0) is 18.5. The van der Waals surface area contributed by atoms with E-state index >= 15 is 4.39 Å². The van der Waals surface area contributed by atoms with Crippen LogP contribution in [0.1, 0.15) is 54.3 Å². The number of aliphatic imine (C=N–C) groups is 3. The van der Waals surface area contributed by atoms with Crippen LogP contribution in [0.15, 0.2) is 38.9 Å². The second-order valence-corrected chi connectivity index (χ2v) is 6.87. The normalized spacial score (nSPS) is 21.1. The van der Waals surface area contributed by atoms with Gasteiger partial charge >= 0.3 is 0 Å². The first-order valence-corrected chi connectivity index (χ1v) is 9.11. The molecular weight excluding hydrogens is 329 g/mol. The smallest absolute Gasteiger partial charge is 0.136 e. The largest absolute Gasteiger partial charge is 0.402 e. The lowest BCUT2D eigenvalue weighted by Crippen LogP contribution is -2.21. The average Bonchev–Trinajstić information content (AvgIpc) is 2.59. The third-order valence-electron chi connectivity index (χ3n) is 5.15. The molecule has 0 amide bonds. The maximum Gasteiger partial charge on any atom is 0.136 e. The molecule has 3 rings (SSSR count). The van der Waals surface area contributed by atoms with Gasteiger partial charge < -0.3 is 11.5 Å². The van der Waals surface area contributed by atoms with Gasteiger partial charge in [0.2, 0.25) is 0 Å². The summed E-state index contributed by atoms with van der Waals surface area (Å²) in [7, 11) is 1.70. The minimum absolute atomic E-state index is 0.163. The van der Waals surface area contributed by atoms with Crippen molar-refractivity contribution in [1.29, 1.82) is 0 Å². The molecule has 1 unspecified atom stereocenters. The molecule has 0 radical (unpaired) electrons. The highest BCUT2D eigenvalue weighted by Crippen LogP contribution is 2.40. The molecule has 4 N–H and O–H groups in total. The summed E-state index contributed by atoms with van der Waals surface area (Å²) in [6.45, 7) is 0.385. The number of hydrogen-bond acceptors (Lipinski definition) is 5. The van der Waals surface area contributed by atoms with Gasteiger partial charge in [0.05, 0.1) is 18.8 Å². The Morgan fingerprint density at radius 2 is 2.12 bits per heavy atom. The zero-order valence-corrected chi connectivity index (χ0v) is 15.2. The van der Waals surface area contributed by atoms with Crippen LogP contribution in [0.3, 0.4) is 0 Å². The van der Waals surface area contributed by atoms with Crippen LogP contribution in [0.2, 0.25) is 0 Å². The van der Waals surface area contributed by atoms with Crippen molar-refractivity contribution in [3.05, 3.63) is 46.4 Å². The molecule has 1 saturated carbocycles. The van der Waals surface area contributed by atoms with Crippen molar-refractivity contribution in [3.8, 4) is 0 Å². The van der Waals surface area contributed by atoms with Gasteiger partial charge in [-0.05, 0) is 48.8 Å². The number of allylic oxidation sites excluding steroid dienone is 2.